The van der Waals surface area contributed by atoms with Crippen molar-refractivity contribution in [3.63, 3.8) is 0 Å². The molecule has 1 atom stereocenters. The van der Waals surface area contributed by atoms with Crippen LogP contribution in [0.2, 0.25) is 0 Å². The number of aliphatic hydroxyl groups is 1. The van der Waals surface area contributed by atoms with E-state index in [9.17, 15) is 13.9 Å². The number of benzene rings is 1. The second-order valence-corrected chi connectivity index (χ2v) is 6.55. The third kappa shape index (κ3) is 2.97. The summed E-state index contributed by atoms with van der Waals surface area (Å²) in [4.78, 5) is 0. The van der Waals surface area contributed by atoms with Crippen LogP contribution >= 0.6 is 0 Å². The van der Waals surface area contributed by atoms with Crippen LogP contribution in [0.4, 0.5) is 8.78 Å². The van der Waals surface area contributed by atoms with Crippen LogP contribution in [0.5, 0.6) is 0 Å². The lowest BCUT2D eigenvalue weighted by atomic mass is 9.71. The summed E-state index contributed by atoms with van der Waals surface area (Å²) in [5, 5.41) is 10.3. The smallest absolute Gasteiger partial charge is 0.164 e. The highest BCUT2D eigenvalue weighted by atomic mass is 19.2. The summed E-state index contributed by atoms with van der Waals surface area (Å²) in [5.41, 5.74) is 0.679. The Hall–Kier alpha value is -0.960. The molecule has 2 rings (SSSR count). The predicted molar refractivity (Wildman–Crippen MR) is 71.8 cm³/mol. The molecule has 1 fully saturated rings. The minimum absolute atomic E-state index is 0.0321. The fourth-order valence-electron chi connectivity index (χ4n) is 2.88. The highest BCUT2D eigenvalue weighted by Gasteiger charge is 2.32. The van der Waals surface area contributed by atoms with Crippen molar-refractivity contribution >= 4 is 0 Å². The molecule has 1 saturated carbocycles. The van der Waals surface area contributed by atoms with E-state index in [2.05, 4.69) is 13.8 Å². The number of aliphatic hydroxyl groups excluding tert-OH is 1. The van der Waals surface area contributed by atoms with Gasteiger partial charge < -0.3 is 5.11 Å². The lowest BCUT2D eigenvalue weighted by molar-refractivity contribution is 0.0538. The van der Waals surface area contributed by atoms with Crippen LogP contribution < -0.4 is 0 Å². The molecule has 1 unspecified atom stereocenters. The zero-order chi connectivity index (χ0) is 14.2. The van der Waals surface area contributed by atoms with E-state index in [-0.39, 0.29) is 17.0 Å². The Bertz CT molecular complexity index is 458. The molecule has 3 heteroatoms. The van der Waals surface area contributed by atoms with Gasteiger partial charge in [0.2, 0.25) is 0 Å². The molecule has 19 heavy (non-hydrogen) atoms. The lowest BCUT2D eigenvalue weighted by Gasteiger charge is -2.36. The van der Waals surface area contributed by atoms with E-state index in [4.69, 9.17) is 0 Å². The maximum atomic E-state index is 13.9. The predicted octanol–water partition coefficient (Wildman–Crippen LogP) is 4.52. The van der Waals surface area contributed by atoms with Gasteiger partial charge in [0, 0.05) is 5.56 Å². The molecule has 1 nitrogen and oxygen atoms in total. The van der Waals surface area contributed by atoms with Crippen molar-refractivity contribution in [2.24, 2.45) is 11.3 Å². The van der Waals surface area contributed by atoms with Gasteiger partial charge in [0.1, 0.15) is 0 Å². The lowest BCUT2D eigenvalue weighted by Crippen LogP contribution is -2.25. The minimum atomic E-state index is -0.897. The standard InChI is InChI=1S/C16H22F2O/c1-10-4-5-12(14(18)13(10)17)15(19)11-6-8-16(2,3)9-7-11/h4-5,11,15,19H,6-9H2,1-3H3. The Morgan fingerprint density at radius 2 is 1.74 bits per heavy atom. The maximum Gasteiger partial charge on any atom is 0.164 e. The molecule has 1 aliphatic rings. The number of hydrogen-bond donors (Lipinski definition) is 1. The molecular formula is C16H22F2O. The monoisotopic (exact) mass is 268 g/mol. The Morgan fingerprint density at radius 1 is 1.16 bits per heavy atom. The topological polar surface area (TPSA) is 20.2 Å². The molecule has 0 aromatic heterocycles. The van der Waals surface area contributed by atoms with Crippen LogP contribution in [0.15, 0.2) is 12.1 Å². The molecular weight excluding hydrogens is 246 g/mol. The highest BCUT2D eigenvalue weighted by molar-refractivity contribution is 5.27. The van der Waals surface area contributed by atoms with Crippen molar-refractivity contribution in [2.75, 3.05) is 0 Å². The van der Waals surface area contributed by atoms with Crippen molar-refractivity contribution < 1.29 is 13.9 Å². The largest absolute Gasteiger partial charge is 0.388 e. The first-order chi connectivity index (χ1) is 8.82. The second-order valence-electron chi connectivity index (χ2n) is 6.55. The van der Waals surface area contributed by atoms with E-state index >= 15 is 0 Å². The molecule has 0 heterocycles. The Kier molecular flexibility index (Phi) is 3.95. The molecule has 0 bridgehead atoms. The SMILES string of the molecule is Cc1ccc(C(O)C2CCC(C)(C)CC2)c(F)c1F. The van der Waals surface area contributed by atoms with E-state index in [1.54, 1.807) is 0 Å². The van der Waals surface area contributed by atoms with Crippen molar-refractivity contribution in [1.82, 2.24) is 0 Å². The normalized spacial score (nSPS) is 21.4. The van der Waals surface area contributed by atoms with E-state index in [0.29, 0.717) is 5.41 Å². The summed E-state index contributed by atoms with van der Waals surface area (Å²) >= 11 is 0. The van der Waals surface area contributed by atoms with Crippen molar-refractivity contribution in [2.45, 2.75) is 52.6 Å². The Balaban J connectivity index is 2.17. The summed E-state index contributed by atoms with van der Waals surface area (Å²) < 4.78 is 27.4. The summed E-state index contributed by atoms with van der Waals surface area (Å²) in [5.74, 6) is -1.70. The average molecular weight is 268 g/mol. The quantitative estimate of drug-likeness (QED) is 0.836. The molecule has 1 aromatic carbocycles. The number of halogens is 2. The minimum Gasteiger partial charge on any atom is -0.388 e. The van der Waals surface area contributed by atoms with Gasteiger partial charge in [-0.1, -0.05) is 26.0 Å². The molecule has 1 aliphatic carbocycles. The number of hydrogen-bond acceptors (Lipinski definition) is 1. The van der Waals surface area contributed by atoms with E-state index in [0.717, 1.165) is 25.7 Å². The van der Waals surface area contributed by atoms with Crippen LogP contribution in [0.1, 0.15) is 56.8 Å². The van der Waals surface area contributed by atoms with Crippen molar-refractivity contribution in [3.8, 4) is 0 Å². The van der Waals surface area contributed by atoms with Crippen LogP contribution in [0, 0.1) is 29.9 Å². The molecule has 0 aliphatic heterocycles. The first kappa shape index (κ1) is 14.4. The van der Waals surface area contributed by atoms with Gasteiger partial charge in [-0.25, -0.2) is 8.78 Å². The summed E-state index contributed by atoms with van der Waals surface area (Å²) in [7, 11) is 0. The zero-order valence-corrected chi connectivity index (χ0v) is 11.8. The van der Waals surface area contributed by atoms with Crippen molar-refractivity contribution in [3.05, 3.63) is 34.9 Å². The Labute approximate surface area is 113 Å². The first-order valence-corrected chi connectivity index (χ1v) is 6.94. The van der Waals surface area contributed by atoms with Gasteiger partial charge in [0.05, 0.1) is 6.10 Å². The molecule has 0 radical (unpaired) electrons. The van der Waals surface area contributed by atoms with E-state index in [1.165, 1.54) is 19.1 Å². The molecule has 0 saturated heterocycles. The first-order valence-electron chi connectivity index (χ1n) is 6.94. The number of rotatable bonds is 2. The molecule has 0 amide bonds. The van der Waals surface area contributed by atoms with Crippen LogP contribution in [-0.4, -0.2) is 5.11 Å². The van der Waals surface area contributed by atoms with Gasteiger partial charge in [-0.15, -0.1) is 0 Å². The fourth-order valence-corrected chi connectivity index (χ4v) is 2.88. The van der Waals surface area contributed by atoms with Crippen LogP contribution in [0.25, 0.3) is 0 Å². The summed E-state index contributed by atoms with van der Waals surface area (Å²) in [6.45, 7) is 5.95. The zero-order valence-electron chi connectivity index (χ0n) is 11.8. The van der Waals surface area contributed by atoms with Gasteiger partial charge in [0.15, 0.2) is 11.6 Å². The van der Waals surface area contributed by atoms with E-state index < -0.39 is 17.7 Å². The molecule has 0 spiro atoms. The van der Waals surface area contributed by atoms with Crippen molar-refractivity contribution in [1.29, 1.82) is 0 Å². The Morgan fingerprint density at radius 3 is 2.32 bits per heavy atom. The van der Waals surface area contributed by atoms with Gasteiger partial charge in [-0.2, -0.15) is 0 Å². The third-order valence-electron chi connectivity index (χ3n) is 4.45. The summed E-state index contributed by atoms with van der Waals surface area (Å²) in [6, 6.07) is 3.04. The molecule has 106 valence electrons. The maximum absolute atomic E-state index is 13.9. The number of aryl methyl sites for hydroxylation is 1. The van der Waals surface area contributed by atoms with Crippen LogP contribution in [-0.2, 0) is 0 Å². The third-order valence-corrected chi connectivity index (χ3v) is 4.45. The van der Waals surface area contributed by atoms with Gasteiger partial charge in [0.25, 0.3) is 0 Å². The van der Waals surface area contributed by atoms with E-state index in [1.807, 2.05) is 0 Å². The van der Waals surface area contributed by atoms with Gasteiger partial charge in [-0.3, -0.25) is 0 Å². The highest BCUT2D eigenvalue weighted by Crippen LogP contribution is 2.43. The summed E-state index contributed by atoms with van der Waals surface area (Å²) in [6.07, 6.45) is 2.87. The molecule has 1 aromatic rings. The van der Waals surface area contributed by atoms with Gasteiger partial charge >= 0.3 is 0 Å². The molecule has 1 N–H and O–H groups in total. The second kappa shape index (κ2) is 5.20. The average Bonchev–Trinajstić information content (AvgIpc) is 2.35. The van der Waals surface area contributed by atoms with Gasteiger partial charge in [-0.05, 0) is 49.5 Å². The van der Waals surface area contributed by atoms with Crippen LogP contribution in [0.3, 0.4) is 0 Å². The fraction of sp³-hybridized carbons (Fsp3) is 0.625.